The lowest BCUT2D eigenvalue weighted by Gasteiger charge is -2.14. The Kier molecular flexibility index (Phi) is 4.08. The second kappa shape index (κ2) is 6.04. The van der Waals surface area contributed by atoms with Gasteiger partial charge in [0.05, 0.1) is 32.5 Å². The van der Waals surface area contributed by atoms with Crippen molar-refractivity contribution in [2.75, 3.05) is 21.3 Å². The number of fused-ring (bicyclic) bond motifs is 1. The fraction of sp³-hybridized carbons (Fsp3) is 0.200. The molecule has 0 bridgehead atoms. The Morgan fingerprint density at radius 3 is 2.22 bits per heavy atom. The highest BCUT2D eigenvalue weighted by Crippen LogP contribution is 2.39. The molecule has 8 heteroatoms. The molecule has 0 radical (unpaired) electrons. The van der Waals surface area contributed by atoms with Gasteiger partial charge < -0.3 is 14.2 Å². The van der Waals surface area contributed by atoms with Crippen LogP contribution in [0.15, 0.2) is 28.7 Å². The number of benzene rings is 2. The van der Waals surface area contributed by atoms with E-state index in [2.05, 4.69) is 26.2 Å². The lowest BCUT2D eigenvalue weighted by atomic mass is 10.2. The van der Waals surface area contributed by atoms with Crippen LogP contribution in [0.4, 0.5) is 4.39 Å². The summed E-state index contributed by atoms with van der Waals surface area (Å²) < 4.78 is 32.0. The molecule has 1 aromatic heterocycles. The van der Waals surface area contributed by atoms with Crippen LogP contribution >= 0.6 is 15.9 Å². The summed E-state index contributed by atoms with van der Waals surface area (Å²) in [5.74, 6) is 0.963. The highest BCUT2D eigenvalue weighted by Gasteiger charge is 2.17. The van der Waals surface area contributed by atoms with E-state index in [1.54, 1.807) is 18.2 Å². The maximum Gasteiger partial charge on any atom is 0.203 e. The summed E-state index contributed by atoms with van der Waals surface area (Å²) in [4.78, 5) is 0. The van der Waals surface area contributed by atoms with Crippen molar-refractivity contribution in [2.45, 2.75) is 0 Å². The Labute approximate surface area is 139 Å². The molecule has 0 saturated heterocycles. The molecule has 0 atom stereocenters. The summed E-state index contributed by atoms with van der Waals surface area (Å²) in [7, 11) is 4.57. The van der Waals surface area contributed by atoms with Gasteiger partial charge in [0.1, 0.15) is 5.52 Å². The maximum atomic E-state index is 14.0. The minimum absolute atomic E-state index is 0.182. The molecule has 0 aliphatic rings. The molecule has 120 valence electrons. The van der Waals surface area contributed by atoms with Crippen LogP contribution in [-0.4, -0.2) is 36.3 Å². The smallest absolute Gasteiger partial charge is 0.203 e. The van der Waals surface area contributed by atoms with Crippen molar-refractivity contribution in [1.29, 1.82) is 0 Å². The zero-order valence-electron chi connectivity index (χ0n) is 12.6. The number of aromatic nitrogens is 3. The van der Waals surface area contributed by atoms with Crippen LogP contribution in [-0.2, 0) is 0 Å². The van der Waals surface area contributed by atoms with Crippen LogP contribution < -0.4 is 14.2 Å². The van der Waals surface area contributed by atoms with Gasteiger partial charge in [0.2, 0.25) is 5.75 Å². The van der Waals surface area contributed by atoms with Crippen LogP contribution in [0.25, 0.3) is 16.7 Å². The summed E-state index contributed by atoms with van der Waals surface area (Å²) >= 11 is 3.28. The van der Waals surface area contributed by atoms with Crippen molar-refractivity contribution >= 4 is 27.0 Å². The first-order valence-electron chi connectivity index (χ1n) is 6.60. The lowest BCUT2D eigenvalue weighted by Crippen LogP contribution is -2.01. The molecule has 0 saturated carbocycles. The summed E-state index contributed by atoms with van der Waals surface area (Å²) in [5, 5.41) is 7.92. The van der Waals surface area contributed by atoms with Gasteiger partial charge >= 0.3 is 0 Å². The molecular formula is C15H13BrFN3O3. The van der Waals surface area contributed by atoms with E-state index in [-0.39, 0.29) is 5.52 Å². The largest absolute Gasteiger partial charge is 0.493 e. The first kappa shape index (κ1) is 15.5. The molecule has 3 rings (SSSR count). The zero-order chi connectivity index (χ0) is 16.6. The third-order valence-electron chi connectivity index (χ3n) is 3.36. The van der Waals surface area contributed by atoms with E-state index in [1.807, 2.05) is 0 Å². The molecule has 0 amide bonds. The van der Waals surface area contributed by atoms with Crippen molar-refractivity contribution in [3.05, 3.63) is 34.6 Å². The number of rotatable bonds is 4. The van der Waals surface area contributed by atoms with Gasteiger partial charge in [-0.1, -0.05) is 21.1 Å². The van der Waals surface area contributed by atoms with E-state index in [0.717, 1.165) is 0 Å². The van der Waals surface area contributed by atoms with Gasteiger partial charge in [-0.15, -0.1) is 5.10 Å². The van der Waals surface area contributed by atoms with E-state index < -0.39 is 5.82 Å². The predicted molar refractivity (Wildman–Crippen MR) is 86.2 cm³/mol. The van der Waals surface area contributed by atoms with Gasteiger partial charge in [-0.3, -0.25) is 0 Å². The fourth-order valence-electron chi connectivity index (χ4n) is 2.33. The van der Waals surface area contributed by atoms with Crippen LogP contribution in [0, 0.1) is 5.82 Å². The standard InChI is InChI=1S/C15H13BrFN3O3/c1-21-12-6-9(7-13(22-2)15(12)23-3)20-11-5-8(16)4-10(17)14(11)18-19-20/h4-7H,1-3H3. The molecule has 2 aromatic carbocycles. The number of hydrogen-bond acceptors (Lipinski definition) is 5. The molecular weight excluding hydrogens is 369 g/mol. The lowest BCUT2D eigenvalue weighted by molar-refractivity contribution is 0.324. The second-order valence-corrected chi connectivity index (χ2v) is 5.56. The highest BCUT2D eigenvalue weighted by molar-refractivity contribution is 9.10. The van der Waals surface area contributed by atoms with Crippen LogP contribution in [0.1, 0.15) is 0 Å². The molecule has 0 aliphatic carbocycles. The van der Waals surface area contributed by atoms with E-state index in [4.69, 9.17) is 14.2 Å². The molecule has 0 spiro atoms. The van der Waals surface area contributed by atoms with Crippen molar-refractivity contribution < 1.29 is 18.6 Å². The summed E-state index contributed by atoms with van der Waals surface area (Å²) in [5.41, 5.74) is 1.31. The first-order valence-corrected chi connectivity index (χ1v) is 7.39. The Bertz CT molecular complexity index is 857. The zero-order valence-corrected chi connectivity index (χ0v) is 14.2. The average Bonchev–Trinajstić information content (AvgIpc) is 2.97. The molecule has 0 fully saturated rings. The normalized spacial score (nSPS) is 10.8. The first-order chi connectivity index (χ1) is 11.1. The minimum Gasteiger partial charge on any atom is -0.493 e. The highest BCUT2D eigenvalue weighted by atomic mass is 79.9. The second-order valence-electron chi connectivity index (χ2n) is 4.64. The molecule has 3 aromatic rings. The fourth-order valence-corrected chi connectivity index (χ4v) is 2.75. The van der Waals surface area contributed by atoms with Crippen molar-refractivity contribution in [1.82, 2.24) is 15.0 Å². The molecule has 0 N–H and O–H groups in total. The van der Waals surface area contributed by atoms with Crippen LogP contribution in [0.5, 0.6) is 17.2 Å². The van der Waals surface area contributed by atoms with Gasteiger partial charge in [0.15, 0.2) is 17.3 Å². The monoisotopic (exact) mass is 381 g/mol. The SMILES string of the molecule is COc1cc(-n2nnc3c(F)cc(Br)cc32)cc(OC)c1OC. The Morgan fingerprint density at radius 2 is 1.65 bits per heavy atom. The van der Waals surface area contributed by atoms with Crippen molar-refractivity contribution in [2.24, 2.45) is 0 Å². The number of methoxy groups -OCH3 is 3. The topological polar surface area (TPSA) is 58.4 Å². The Hall–Kier alpha value is -2.35. The average molecular weight is 382 g/mol. The summed E-state index contributed by atoms with van der Waals surface area (Å²) in [6.45, 7) is 0. The van der Waals surface area contributed by atoms with Gasteiger partial charge in [0.25, 0.3) is 0 Å². The van der Waals surface area contributed by atoms with Gasteiger partial charge in [-0.25, -0.2) is 9.07 Å². The van der Waals surface area contributed by atoms with Gasteiger partial charge in [-0.05, 0) is 12.1 Å². The summed E-state index contributed by atoms with van der Waals surface area (Å²) in [6.07, 6.45) is 0. The van der Waals surface area contributed by atoms with Gasteiger partial charge in [-0.2, -0.15) is 0 Å². The van der Waals surface area contributed by atoms with Crippen LogP contribution in [0.3, 0.4) is 0 Å². The number of nitrogens with zero attached hydrogens (tertiary/aromatic N) is 3. The number of halogens is 2. The third-order valence-corrected chi connectivity index (χ3v) is 3.82. The maximum absolute atomic E-state index is 14.0. The molecule has 23 heavy (non-hydrogen) atoms. The predicted octanol–water partition coefficient (Wildman–Crippen LogP) is 3.35. The molecule has 6 nitrogen and oxygen atoms in total. The van der Waals surface area contributed by atoms with Gasteiger partial charge in [0, 0.05) is 16.6 Å². The Balaban J connectivity index is 2.27. The quantitative estimate of drug-likeness (QED) is 0.693. The van der Waals surface area contributed by atoms with E-state index in [9.17, 15) is 4.39 Å². The van der Waals surface area contributed by atoms with Crippen LogP contribution in [0.2, 0.25) is 0 Å². The summed E-state index contributed by atoms with van der Waals surface area (Å²) in [6, 6.07) is 6.51. The molecule has 0 unspecified atom stereocenters. The van der Waals surface area contributed by atoms with Crippen molar-refractivity contribution in [3.8, 4) is 22.9 Å². The Morgan fingerprint density at radius 1 is 1.00 bits per heavy atom. The van der Waals surface area contributed by atoms with Crippen molar-refractivity contribution in [3.63, 3.8) is 0 Å². The minimum atomic E-state index is -0.451. The molecule has 0 aliphatic heterocycles. The number of hydrogen-bond donors (Lipinski definition) is 0. The molecule has 1 heterocycles. The van der Waals surface area contributed by atoms with E-state index in [1.165, 1.54) is 32.1 Å². The van der Waals surface area contributed by atoms with E-state index in [0.29, 0.717) is 32.9 Å². The van der Waals surface area contributed by atoms with E-state index >= 15 is 0 Å². The third kappa shape index (κ3) is 2.59. The number of ether oxygens (including phenoxy) is 3.